The number of thioether (sulfide) groups is 1. The molecule has 0 saturated carbocycles. The van der Waals surface area contributed by atoms with E-state index in [9.17, 15) is 4.79 Å². The number of benzene rings is 1. The van der Waals surface area contributed by atoms with Crippen molar-refractivity contribution in [2.24, 2.45) is 0 Å². The summed E-state index contributed by atoms with van der Waals surface area (Å²) in [6.45, 7) is 8.76. The van der Waals surface area contributed by atoms with Crippen LogP contribution >= 0.6 is 23.1 Å². The summed E-state index contributed by atoms with van der Waals surface area (Å²) in [6, 6.07) is 8.02. The molecular weight excluding hydrogens is 406 g/mol. The molecule has 0 aliphatic carbocycles. The fourth-order valence-corrected chi connectivity index (χ4v) is 4.69. The number of para-hydroxylation sites is 1. The van der Waals surface area contributed by atoms with E-state index in [1.54, 1.807) is 17.4 Å². The number of fused-ring (bicyclic) bond motifs is 1. The smallest absolute Gasteiger partial charge is 0.255 e. The number of aromatic nitrogens is 3. The Labute approximate surface area is 178 Å². The molecule has 8 heteroatoms. The van der Waals surface area contributed by atoms with Gasteiger partial charge in [-0.1, -0.05) is 30.0 Å². The lowest BCUT2D eigenvalue weighted by molar-refractivity contribution is -0.120. The monoisotopic (exact) mass is 431 g/mol. The molecule has 0 bridgehead atoms. The fraction of sp³-hybridized carbons (Fsp3) is 0.381. The van der Waals surface area contributed by atoms with E-state index < -0.39 is 0 Å². The van der Waals surface area contributed by atoms with E-state index in [0.717, 1.165) is 20.9 Å². The molecule has 0 saturated heterocycles. The Balaban J connectivity index is 1.85. The maximum absolute atomic E-state index is 12.7. The summed E-state index contributed by atoms with van der Waals surface area (Å²) in [5.41, 5.74) is 2.20. The van der Waals surface area contributed by atoms with Gasteiger partial charge in [-0.3, -0.25) is 4.79 Å². The van der Waals surface area contributed by atoms with E-state index in [-0.39, 0.29) is 11.8 Å². The lowest BCUT2D eigenvalue weighted by Gasteiger charge is -2.16. The molecule has 2 aromatic heterocycles. The van der Waals surface area contributed by atoms with Gasteiger partial charge in [-0.2, -0.15) is 0 Å². The highest BCUT2D eigenvalue weighted by Gasteiger charge is 2.16. The molecule has 0 aliphatic rings. The minimum atomic E-state index is -0.333. The second kappa shape index (κ2) is 10.7. The highest BCUT2D eigenvalue weighted by atomic mass is 32.2. The van der Waals surface area contributed by atoms with Crippen molar-refractivity contribution in [3.05, 3.63) is 63.5 Å². The lowest BCUT2D eigenvalue weighted by Crippen LogP contribution is -2.22. The summed E-state index contributed by atoms with van der Waals surface area (Å²) < 4.78 is 12.3. The average molecular weight is 432 g/mol. The van der Waals surface area contributed by atoms with Crippen LogP contribution in [0, 0.1) is 0 Å². The van der Waals surface area contributed by atoms with Crippen LogP contribution in [-0.4, -0.2) is 40.2 Å². The second-order valence-electron chi connectivity index (χ2n) is 6.19. The van der Waals surface area contributed by atoms with Crippen molar-refractivity contribution in [3.63, 3.8) is 0 Å². The number of hydrogen-bond acceptors (Lipinski definition) is 7. The van der Waals surface area contributed by atoms with Gasteiger partial charge in [0.15, 0.2) is 11.4 Å². The average Bonchev–Trinajstić information content (AvgIpc) is 3.11. The first kappa shape index (κ1) is 21.7. The van der Waals surface area contributed by atoms with Crippen LogP contribution in [0.4, 0.5) is 0 Å². The number of nitrogens with one attached hydrogen (secondary N) is 1. The van der Waals surface area contributed by atoms with Crippen LogP contribution < -0.4 is 5.56 Å². The molecule has 1 aromatic carbocycles. The van der Waals surface area contributed by atoms with Gasteiger partial charge in [0, 0.05) is 25.2 Å². The fourth-order valence-electron chi connectivity index (χ4n) is 2.89. The first-order valence-electron chi connectivity index (χ1n) is 9.58. The molecule has 154 valence electrons. The Morgan fingerprint density at radius 2 is 2.00 bits per heavy atom. The van der Waals surface area contributed by atoms with Crippen molar-refractivity contribution in [2.45, 2.75) is 38.1 Å². The minimum absolute atomic E-state index is 0.136. The Morgan fingerprint density at radius 1 is 1.24 bits per heavy atom. The molecular formula is C21H25N3O3S2. The van der Waals surface area contributed by atoms with Crippen molar-refractivity contribution in [3.8, 4) is 0 Å². The van der Waals surface area contributed by atoms with Gasteiger partial charge in [-0.05, 0) is 32.4 Å². The zero-order valence-corrected chi connectivity index (χ0v) is 18.3. The maximum atomic E-state index is 12.7. The van der Waals surface area contributed by atoms with Crippen LogP contribution in [-0.2, 0) is 22.3 Å². The van der Waals surface area contributed by atoms with Gasteiger partial charge in [-0.15, -0.1) is 17.9 Å². The molecule has 0 radical (unpaired) electrons. The van der Waals surface area contributed by atoms with Gasteiger partial charge in [0.05, 0.1) is 26.7 Å². The van der Waals surface area contributed by atoms with Crippen molar-refractivity contribution >= 4 is 33.3 Å². The third-order valence-corrected chi connectivity index (χ3v) is 6.09. The molecule has 29 heavy (non-hydrogen) atoms. The molecule has 0 spiro atoms. The van der Waals surface area contributed by atoms with Crippen molar-refractivity contribution in [1.82, 2.24) is 15.0 Å². The molecule has 0 aliphatic heterocycles. The number of aromatic amines is 1. The highest BCUT2D eigenvalue weighted by molar-refractivity contribution is 7.99. The van der Waals surface area contributed by atoms with Crippen LogP contribution in [0.3, 0.4) is 0 Å². The van der Waals surface area contributed by atoms with Gasteiger partial charge >= 0.3 is 0 Å². The van der Waals surface area contributed by atoms with Crippen LogP contribution in [0.15, 0.2) is 46.9 Å². The quantitative estimate of drug-likeness (QED) is 0.212. The van der Waals surface area contributed by atoms with E-state index in [0.29, 0.717) is 42.5 Å². The first-order chi connectivity index (χ1) is 14.1. The normalized spacial score (nSPS) is 11.4. The molecule has 0 fully saturated rings. The number of hydrogen-bond donors (Lipinski definition) is 1. The van der Waals surface area contributed by atoms with E-state index in [4.69, 9.17) is 14.5 Å². The molecule has 1 N–H and O–H groups in total. The summed E-state index contributed by atoms with van der Waals surface area (Å²) >= 11 is 3.05. The molecule has 6 nitrogen and oxygen atoms in total. The number of thiazole rings is 1. The standard InChI is InChI=1S/C21H25N3O3S2/c1-4-9-14-16(12-18-22-15-10-7-8-11-17(15)29-18)23-21(24-20(14)25)28-13-19(26-5-2)27-6-3/h4,7-8,10-11,19H,1,5-6,9,12-13H2,2-3H3,(H,23,24,25). The lowest BCUT2D eigenvalue weighted by atomic mass is 10.1. The molecule has 3 aromatic rings. The Bertz CT molecular complexity index is 977. The molecule has 0 amide bonds. The number of allylic oxidation sites excluding steroid dienone is 1. The first-order valence-corrected chi connectivity index (χ1v) is 11.4. The summed E-state index contributed by atoms with van der Waals surface area (Å²) in [6.07, 6.45) is 2.37. The van der Waals surface area contributed by atoms with Crippen LogP contribution in [0.1, 0.15) is 30.1 Å². The van der Waals surface area contributed by atoms with E-state index in [1.165, 1.54) is 11.8 Å². The van der Waals surface area contributed by atoms with E-state index in [1.807, 2.05) is 32.0 Å². The minimum Gasteiger partial charge on any atom is -0.352 e. The van der Waals surface area contributed by atoms with Gasteiger partial charge in [0.25, 0.3) is 5.56 Å². The molecule has 2 heterocycles. The zero-order valence-electron chi connectivity index (χ0n) is 16.6. The van der Waals surface area contributed by atoms with Crippen molar-refractivity contribution in [2.75, 3.05) is 19.0 Å². The van der Waals surface area contributed by atoms with E-state index >= 15 is 0 Å². The second-order valence-corrected chi connectivity index (χ2v) is 8.32. The molecule has 0 atom stereocenters. The van der Waals surface area contributed by atoms with E-state index in [2.05, 4.69) is 22.6 Å². The SMILES string of the molecule is C=CCc1c(Cc2nc3ccccc3s2)nc(SCC(OCC)OCC)[nH]c1=O. The van der Waals surface area contributed by atoms with Crippen LogP contribution in [0.25, 0.3) is 10.2 Å². The number of nitrogens with zero attached hydrogens (tertiary/aromatic N) is 2. The largest absolute Gasteiger partial charge is 0.352 e. The summed E-state index contributed by atoms with van der Waals surface area (Å²) in [5.74, 6) is 0.548. The van der Waals surface area contributed by atoms with Gasteiger partial charge in [0.2, 0.25) is 0 Å². The Kier molecular flexibility index (Phi) is 8.00. The Morgan fingerprint density at radius 3 is 2.69 bits per heavy atom. The summed E-state index contributed by atoms with van der Waals surface area (Å²) in [5, 5.41) is 1.50. The molecule has 3 rings (SSSR count). The summed E-state index contributed by atoms with van der Waals surface area (Å²) in [4.78, 5) is 25.0. The number of ether oxygens (including phenoxy) is 2. The van der Waals surface area contributed by atoms with Gasteiger partial charge in [0.1, 0.15) is 0 Å². The third kappa shape index (κ3) is 5.76. The number of rotatable bonds is 11. The maximum Gasteiger partial charge on any atom is 0.255 e. The number of H-pyrrole nitrogens is 1. The highest BCUT2D eigenvalue weighted by Crippen LogP contribution is 2.24. The topological polar surface area (TPSA) is 77.1 Å². The third-order valence-electron chi connectivity index (χ3n) is 4.15. The summed E-state index contributed by atoms with van der Waals surface area (Å²) in [7, 11) is 0. The van der Waals surface area contributed by atoms with Gasteiger partial charge < -0.3 is 14.5 Å². The molecule has 0 unspecified atom stereocenters. The van der Waals surface area contributed by atoms with Crippen LogP contribution in [0.2, 0.25) is 0 Å². The predicted octanol–water partition coefficient (Wildman–Crippen LogP) is 4.19. The predicted molar refractivity (Wildman–Crippen MR) is 119 cm³/mol. The van der Waals surface area contributed by atoms with Crippen molar-refractivity contribution in [1.29, 1.82) is 0 Å². The van der Waals surface area contributed by atoms with Gasteiger partial charge in [-0.25, -0.2) is 9.97 Å². The zero-order chi connectivity index (χ0) is 20.6. The van der Waals surface area contributed by atoms with Crippen molar-refractivity contribution < 1.29 is 9.47 Å². The van der Waals surface area contributed by atoms with Crippen LogP contribution in [0.5, 0.6) is 0 Å². The Hall–Kier alpha value is -2.00.